The zero-order chi connectivity index (χ0) is 110. The third kappa shape index (κ3) is 32.3. The standard InChI is InChI=1S/C22H33Cl2FN3O9PS2.C21H26Cl2N3O8PS.3C12H15Cl2N2O6PS/c1-11(2)36-17(31)12(3)27-38(39,34-7-8-40-19(32)21(4,5)6)35-10-14-15(29)22(23,24)18(37-14)28-9-13(25)16(30)26-20(28)33;1-12(2)32-18(29)13(3)25-35(36,34-14-7-5-4-6-8-14)31-11-15-17(28)21(22,23)19(33-15)26-10-9-16(27)24-20(26)30;3*1-6(2)21-23(24)19-5-7-9(22-23)12(13,14)10(20-7)16-4-3-8(17)15-11(16)18/h9,11-12,14-15,18,29H,7-8,10H2,1-6H3,(H,27,39)(H,26,30,33);4-10,12-13,15,17,19,28H,11H2,1-3H3,(H,25,36)(H,24,27,30);3*3-4,6-7,9-10H,5H2,1-2H3,(H,15,17,18)/t12?,14-,15-,18-,38?;13-,15+,17+,19+,35-;7-,9-,10-,23?;7-,9-,10-,23+;7-,9-,10-,23-/m10111/s1. The van der Waals surface area contributed by atoms with Gasteiger partial charge in [0, 0.05) is 60.2 Å². The summed E-state index contributed by atoms with van der Waals surface area (Å²) in [5, 5.41) is 27.1. The number of aliphatic hydroxyl groups is 2. The third-order valence-electron chi connectivity index (χ3n) is 20.4. The molecule has 69 heteroatoms. The van der Waals surface area contributed by atoms with Crippen LogP contribution in [0, 0.1) is 11.2 Å². The second-order valence-corrected chi connectivity index (χ2v) is 58.6. The minimum Gasteiger partial charge on any atom is -0.462 e. The number of thioether (sulfide) groups is 1. The first-order chi connectivity index (χ1) is 68.5. The predicted molar refractivity (Wildman–Crippen MR) is 562 cm³/mol. The number of hydrogen-bond acceptors (Lipinski definition) is 41. The zero-order valence-corrected chi connectivity index (χ0v) is 97.1. The largest absolute Gasteiger partial charge is 0.462 e. The number of fused-ring (bicyclic) bond motifs is 3. The quantitative estimate of drug-likeness (QED) is 0.00845. The summed E-state index contributed by atoms with van der Waals surface area (Å²) in [5.74, 6) is -1.87. The van der Waals surface area contributed by atoms with Crippen LogP contribution in [0.15, 0.2) is 134 Å². The Kier molecular flexibility index (Phi) is 44.2. The maximum Gasteiger partial charge on any atom is 0.330 e. The fourth-order valence-corrected chi connectivity index (χ4v) is 30.9. The number of ether oxygens (including phenoxy) is 7. The molecule has 0 spiro atoms. The molecule has 13 heterocycles. The van der Waals surface area contributed by atoms with E-state index in [0.717, 1.165) is 42.3 Å². The van der Waals surface area contributed by atoms with Gasteiger partial charge < -0.3 is 88.6 Å². The first-order valence-electron chi connectivity index (χ1n) is 44.1. The number of nitrogens with one attached hydrogen (secondary N) is 7. The van der Waals surface area contributed by atoms with Gasteiger partial charge >= 0.3 is 67.2 Å². The second-order valence-electron chi connectivity index (χ2n) is 35.3. The Morgan fingerprint density at radius 3 is 1.09 bits per heavy atom. The number of aromatic amines is 5. The molecule has 1 aromatic carbocycles. The summed E-state index contributed by atoms with van der Waals surface area (Å²) in [6.07, 6.45) is -12.2. The molecule has 14 rings (SSSR count). The van der Waals surface area contributed by atoms with Crippen molar-refractivity contribution >= 4 is 237 Å². The van der Waals surface area contributed by atoms with Gasteiger partial charge in [-0.1, -0.05) is 167 Å². The number of H-pyrrole nitrogens is 5. The van der Waals surface area contributed by atoms with Gasteiger partial charge in [0.15, 0.2) is 57.9 Å². The van der Waals surface area contributed by atoms with Crippen LogP contribution >= 0.6 is 161 Å². The molecule has 3 unspecified atom stereocenters. The normalized spacial score (nSPS) is 29.1. The smallest absolute Gasteiger partial charge is 0.330 e. The van der Waals surface area contributed by atoms with Crippen LogP contribution in [0.3, 0.4) is 0 Å². The van der Waals surface area contributed by atoms with Crippen LogP contribution in [-0.4, -0.2) is 246 Å². The van der Waals surface area contributed by atoms with Crippen molar-refractivity contribution in [3.05, 3.63) is 196 Å². The van der Waals surface area contributed by atoms with Crippen molar-refractivity contribution in [2.24, 2.45) is 5.41 Å². The lowest BCUT2D eigenvalue weighted by molar-refractivity contribution is -0.149. The summed E-state index contributed by atoms with van der Waals surface area (Å²) in [6, 6.07) is 11.3. The lowest BCUT2D eigenvalue weighted by Crippen LogP contribution is -2.44. The SMILES string of the molecule is CC(C)OC(=O)C(C)NP(=S)(OCCSC(=O)C(C)(C)C)OC[C@H]1O[C@@H](n2cc(F)c(=O)[nH]c2=O)C(Cl)(Cl)[C@@H]1O.CC(C)OC(=O)[C@H](C)N[P@](=S)(OC[C@H]1O[C@@H](n2ccc(=O)[nH]c2=O)C(Cl)(Cl)[C@@H]1O)Oc1ccccc1.CC(C)OP1(=S)OC[C@H]2O[C@@H](n3ccc(=O)[nH]c3=O)C(Cl)(Cl)[C@@H]2O1.CC(C)O[P@@]1(=S)OC[C@H]2O[C@@H](n3ccc(=O)[nH]c3=O)C(Cl)(Cl)[C@@H]2O1.CC(C)O[P@]1(=S)OC[C@H]2O[C@@H](n3ccc(=O)[nH]c3=O)C(Cl)(Cl)[C@@H]2O1. The van der Waals surface area contributed by atoms with E-state index in [1.165, 1.54) is 43.7 Å². The number of benzene rings is 1. The number of hydrogen-bond donors (Lipinski definition) is 9. The van der Waals surface area contributed by atoms with Crippen LogP contribution in [0.25, 0.3) is 0 Å². The average molecular weight is 2500 g/mol. The number of carbonyl (C=O) groups is 3. The van der Waals surface area contributed by atoms with E-state index in [2.05, 4.69) is 30.1 Å². The number of para-hydroxylation sites is 1. The van der Waals surface area contributed by atoms with Gasteiger partial charge in [-0.25, -0.2) is 34.1 Å². The van der Waals surface area contributed by atoms with E-state index in [4.69, 9.17) is 267 Å². The minimum atomic E-state index is -3.51. The van der Waals surface area contributed by atoms with Gasteiger partial charge in [0.25, 0.3) is 34.4 Å². The van der Waals surface area contributed by atoms with E-state index in [1.54, 1.807) is 132 Å². The number of esters is 2. The minimum absolute atomic E-state index is 0.0274. The lowest BCUT2D eigenvalue weighted by Gasteiger charge is -2.36. The first kappa shape index (κ1) is 126. The Balaban J connectivity index is 0.000000192. The van der Waals surface area contributed by atoms with Gasteiger partial charge in [0.2, 0.25) is 5.82 Å². The van der Waals surface area contributed by atoms with Gasteiger partial charge in [0.05, 0.1) is 76.4 Å². The molecule has 8 fully saturated rings. The number of alkyl halides is 10. The maximum absolute atomic E-state index is 13.9. The van der Waals surface area contributed by atoms with Gasteiger partial charge in [-0.05, 0) is 154 Å². The molecule has 47 nitrogen and oxygen atoms in total. The number of carbonyl (C=O) groups excluding carboxylic acids is 3. The van der Waals surface area contributed by atoms with Crippen molar-refractivity contribution in [1.29, 1.82) is 0 Å². The van der Waals surface area contributed by atoms with Crippen LogP contribution in [0.4, 0.5) is 4.39 Å². The summed E-state index contributed by atoms with van der Waals surface area (Å²) in [5.41, 5.74) is -8.07. The second kappa shape index (κ2) is 51.7. The molecule has 8 saturated heterocycles. The lowest BCUT2D eigenvalue weighted by atomic mass is 10.00. The summed E-state index contributed by atoms with van der Waals surface area (Å²) >= 11 is 92.0. The molecule has 5 aromatic heterocycles. The summed E-state index contributed by atoms with van der Waals surface area (Å²) in [7, 11) is 0. The van der Waals surface area contributed by atoms with E-state index < -0.39 is 251 Å². The number of nitrogens with zero attached hydrogens (tertiary/aromatic N) is 5. The van der Waals surface area contributed by atoms with E-state index in [0.29, 0.717) is 16.5 Å². The monoisotopic (exact) mass is 2500 g/mol. The third-order valence-corrected chi connectivity index (χ3v) is 38.3. The molecule has 22 atom stereocenters. The molecule has 0 aliphatic carbocycles. The molecule has 9 N–H and O–H groups in total. The highest BCUT2D eigenvalue weighted by Gasteiger charge is 2.65. The van der Waals surface area contributed by atoms with Gasteiger partial charge in [-0.3, -0.25) is 99.7 Å². The Morgan fingerprint density at radius 1 is 0.466 bits per heavy atom. The van der Waals surface area contributed by atoms with Crippen LogP contribution in [-0.2, 0) is 161 Å². The summed E-state index contributed by atoms with van der Waals surface area (Å²) in [6.45, 7) is 9.33. The van der Waals surface area contributed by atoms with Gasteiger partial charge in [0.1, 0.15) is 78.9 Å². The number of aromatic nitrogens is 10. The summed E-state index contributed by atoms with van der Waals surface area (Å²) < 4.78 is 122. The van der Waals surface area contributed by atoms with Crippen LogP contribution < -0.4 is 70.9 Å². The van der Waals surface area contributed by atoms with Gasteiger partial charge in [-0.15, -0.1) is 0 Å². The number of aliphatic hydroxyl groups excluding tert-OH is 2. The molecule has 0 bridgehead atoms. The molecule has 148 heavy (non-hydrogen) atoms. The van der Waals surface area contributed by atoms with E-state index >= 15 is 0 Å². The van der Waals surface area contributed by atoms with Crippen LogP contribution in [0.2, 0.25) is 0 Å². The highest BCUT2D eigenvalue weighted by atomic mass is 35.5. The Bertz CT molecular complexity index is 6320. The highest BCUT2D eigenvalue weighted by molar-refractivity contribution is 8.13. The van der Waals surface area contributed by atoms with Crippen molar-refractivity contribution in [2.45, 2.75) is 260 Å². The van der Waals surface area contributed by atoms with Gasteiger partial charge in [-0.2, -0.15) is 4.39 Å². The highest BCUT2D eigenvalue weighted by Crippen LogP contribution is 2.66. The number of rotatable bonds is 31. The van der Waals surface area contributed by atoms with Crippen molar-refractivity contribution in [1.82, 2.24) is 57.9 Å². The fraction of sp³-hybridized carbons (Fsp3) is 0.633. The maximum atomic E-state index is 13.9. The van der Waals surface area contributed by atoms with Crippen molar-refractivity contribution in [3.63, 3.8) is 0 Å². The molecule has 0 saturated carbocycles. The van der Waals surface area contributed by atoms with Crippen molar-refractivity contribution in [3.8, 4) is 5.75 Å². The average Bonchev–Trinajstić information content (AvgIpc) is 1.72. The molecule has 0 radical (unpaired) electrons. The Labute approximate surface area is 921 Å². The van der Waals surface area contributed by atoms with Crippen molar-refractivity contribution < 1.29 is 121 Å². The van der Waals surface area contributed by atoms with Crippen LogP contribution in [0.5, 0.6) is 5.75 Å². The van der Waals surface area contributed by atoms with Crippen molar-refractivity contribution in [2.75, 3.05) is 45.4 Å². The predicted octanol–water partition coefficient (Wildman–Crippen LogP) is 9.84. The molecule has 828 valence electrons. The fourth-order valence-electron chi connectivity index (χ4n) is 13.9. The molecule has 0 amide bonds. The van der Waals surface area contributed by atoms with E-state index in [1.807, 2.05) is 0 Å². The van der Waals surface area contributed by atoms with E-state index in [-0.39, 0.29) is 68.3 Å². The zero-order valence-electron chi connectivity index (χ0n) is 80.2. The Hall–Kier alpha value is -3.38. The van der Waals surface area contributed by atoms with Crippen LogP contribution in [0.1, 0.15) is 135 Å². The summed E-state index contributed by atoms with van der Waals surface area (Å²) in [4.78, 5) is 164. The number of halogens is 11. The molecule has 8 aliphatic rings. The molecule has 8 aliphatic heterocycles. The topological polar surface area (TPSA) is 575 Å². The molecular formula is C79H104Cl10FN12O35P5S6. The Morgan fingerprint density at radius 2 is 0.777 bits per heavy atom. The molecular weight excluding hydrogens is 2400 g/mol. The van der Waals surface area contributed by atoms with E-state index in [9.17, 15) is 76.9 Å². The first-order valence-corrected chi connectivity index (χ1v) is 61.8. The molecule has 6 aromatic rings.